The number of anilines is 1. The van der Waals surface area contributed by atoms with Gasteiger partial charge >= 0.3 is 6.01 Å². The average Bonchev–Trinajstić information content (AvgIpc) is 3.14. The minimum atomic E-state index is -0.493. The number of nitro benzene ring substituents is 1. The first kappa shape index (κ1) is 19.3. The maximum absolute atomic E-state index is 11.9. The summed E-state index contributed by atoms with van der Waals surface area (Å²) in [6.45, 7) is 0. The van der Waals surface area contributed by atoms with E-state index in [1.165, 1.54) is 24.3 Å². The molecule has 0 fully saturated rings. The van der Waals surface area contributed by atoms with Crippen LogP contribution >= 0.6 is 11.8 Å². The molecule has 0 bridgehead atoms. The van der Waals surface area contributed by atoms with Crippen LogP contribution in [0.3, 0.4) is 0 Å². The number of hydrogen-bond donors (Lipinski definition) is 1. The number of aryl methyl sites for hydroxylation is 1. The smallest absolute Gasteiger partial charge is 0.322 e. The van der Waals surface area contributed by atoms with Crippen LogP contribution in [0.5, 0.6) is 0 Å². The molecular formula is C19H16N4O4S. The van der Waals surface area contributed by atoms with E-state index >= 15 is 0 Å². The van der Waals surface area contributed by atoms with Gasteiger partial charge in [-0.25, -0.2) is 0 Å². The van der Waals surface area contributed by atoms with Crippen LogP contribution in [-0.2, 0) is 11.2 Å². The van der Waals surface area contributed by atoms with Crippen molar-refractivity contribution in [3.63, 3.8) is 0 Å². The van der Waals surface area contributed by atoms with Gasteiger partial charge in [-0.1, -0.05) is 35.4 Å². The number of aromatic nitrogens is 2. The van der Waals surface area contributed by atoms with Crippen molar-refractivity contribution in [2.45, 2.75) is 11.3 Å². The predicted molar refractivity (Wildman–Crippen MR) is 106 cm³/mol. The average molecular weight is 396 g/mol. The zero-order valence-electron chi connectivity index (χ0n) is 14.6. The molecule has 0 aliphatic rings. The lowest BCUT2D eigenvalue weighted by Gasteiger charge is -1.98. The number of benzene rings is 2. The summed E-state index contributed by atoms with van der Waals surface area (Å²) in [7, 11) is 0. The Bertz CT molecular complexity index is 988. The first-order valence-electron chi connectivity index (χ1n) is 8.34. The molecule has 1 aromatic heterocycles. The molecule has 0 radical (unpaired) electrons. The number of hydrogen-bond acceptors (Lipinski definition) is 7. The SMILES string of the molecule is O=C(/C=C/c1cccc([N+](=O)[O-])c1)Nc1nnc(CCSc2ccccc2)o1. The molecule has 3 aromatic rings. The van der Waals surface area contributed by atoms with E-state index in [0.717, 1.165) is 10.6 Å². The van der Waals surface area contributed by atoms with Crippen molar-refractivity contribution in [3.05, 3.63) is 82.2 Å². The van der Waals surface area contributed by atoms with Gasteiger partial charge in [0.05, 0.1) is 4.92 Å². The quantitative estimate of drug-likeness (QED) is 0.265. The third-order valence-corrected chi connectivity index (χ3v) is 4.55. The minimum absolute atomic E-state index is 0.00778. The van der Waals surface area contributed by atoms with Crippen LogP contribution in [0.1, 0.15) is 11.5 Å². The molecule has 0 saturated heterocycles. The Morgan fingerprint density at radius 2 is 2.00 bits per heavy atom. The normalized spacial score (nSPS) is 10.9. The largest absolute Gasteiger partial charge is 0.408 e. The molecule has 2 aromatic carbocycles. The number of nitrogens with zero attached hydrogens (tertiary/aromatic N) is 3. The van der Waals surface area contributed by atoms with Gasteiger partial charge in [-0.15, -0.1) is 16.9 Å². The van der Waals surface area contributed by atoms with Crippen molar-refractivity contribution in [2.24, 2.45) is 0 Å². The Balaban J connectivity index is 1.49. The van der Waals surface area contributed by atoms with Gasteiger partial charge in [0.15, 0.2) is 0 Å². The highest BCUT2D eigenvalue weighted by Gasteiger charge is 2.09. The van der Waals surface area contributed by atoms with Crippen molar-refractivity contribution in [3.8, 4) is 0 Å². The highest BCUT2D eigenvalue weighted by Crippen LogP contribution is 2.19. The van der Waals surface area contributed by atoms with E-state index in [1.54, 1.807) is 23.9 Å². The Labute approximate surface area is 164 Å². The highest BCUT2D eigenvalue weighted by molar-refractivity contribution is 7.99. The van der Waals surface area contributed by atoms with Crippen molar-refractivity contribution in [2.75, 3.05) is 11.1 Å². The summed E-state index contributed by atoms with van der Waals surface area (Å²) in [6.07, 6.45) is 3.29. The van der Waals surface area contributed by atoms with Gasteiger partial charge in [0.2, 0.25) is 5.89 Å². The first-order chi connectivity index (χ1) is 13.6. The lowest BCUT2D eigenvalue weighted by atomic mass is 10.2. The first-order valence-corrected chi connectivity index (χ1v) is 9.32. The third-order valence-electron chi connectivity index (χ3n) is 3.53. The molecule has 0 atom stereocenters. The van der Waals surface area contributed by atoms with Crippen LogP contribution in [0.4, 0.5) is 11.7 Å². The highest BCUT2D eigenvalue weighted by atomic mass is 32.2. The van der Waals surface area contributed by atoms with Gasteiger partial charge in [0, 0.05) is 35.3 Å². The molecule has 0 spiro atoms. The summed E-state index contributed by atoms with van der Waals surface area (Å²) in [6, 6.07) is 15.9. The van der Waals surface area contributed by atoms with Gasteiger partial charge in [-0.3, -0.25) is 20.2 Å². The van der Waals surface area contributed by atoms with E-state index < -0.39 is 10.8 Å². The molecule has 28 heavy (non-hydrogen) atoms. The molecule has 0 aliphatic heterocycles. The minimum Gasteiger partial charge on any atom is -0.408 e. The molecular weight excluding hydrogens is 380 g/mol. The van der Waals surface area contributed by atoms with E-state index in [-0.39, 0.29) is 11.7 Å². The van der Waals surface area contributed by atoms with E-state index in [2.05, 4.69) is 15.5 Å². The van der Waals surface area contributed by atoms with Gasteiger partial charge in [-0.2, -0.15) is 0 Å². The zero-order chi connectivity index (χ0) is 19.8. The molecule has 1 N–H and O–H groups in total. The van der Waals surface area contributed by atoms with Gasteiger partial charge < -0.3 is 4.42 Å². The molecule has 0 unspecified atom stereocenters. The number of rotatable bonds is 8. The topological polar surface area (TPSA) is 111 Å². The van der Waals surface area contributed by atoms with E-state index in [0.29, 0.717) is 17.9 Å². The Morgan fingerprint density at radius 1 is 1.18 bits per heavy atom. The molecule has 142 valence electrons. The maximum Gasteiger partial charge on any atom is 0.322 e. The van der Waals surface area contributed by atoms with Crippen LogP contribution in [0.15, 0.2) is 70.0 Å². The summed E-state index contributed by atoms with van der Waals surface area (Å²) >= 11 is 1.67. The van der Waals surface area contributed by atoms with Gasteiger partial charge in [0.25, 0.3) is 11.6 Å². The van der Waals surface area contributed by atoms with Gasteiger partial charge in [0.1, 0.15) is 0 Å². The molecule has 9 heteroatoms. The lowest BCUT2D eigenvalue weighted by Crippen LogP contribution is -2.07. The lowest BCUT2D eigenvalue weighted by molar-refractivity contribution is -0.384. The second-order valence-corrected chi connectivity index (χ2v) is 6.76. The Morgan fingerprint density at radius 3 is 2.79 bits per heavy atom. The second kappa shape index (κ2) is 9.47. The van der Waals surface area contributed by atoms with Crippen molar-refractivity contribution >= 4 is 35.4 Å². The maximum atomic E-state index is 11.9. The number of nitro groups is 1. The third kappa shape index (κ3) is 5.78. The summed E-state index contributed by atoms with van der Waals surface area (Å²) < 4.78 is 5.40. The van der Waals surface area contributed by atoms with Crippen molar-refractivity contribution < 1.29 is 14.1 Å². The fourth-order valence-electron chi connectivity index (χ4n) is 2.24. The monoisotopic (exact) mass is 396 g/mol. The Kier molecular flexibility index (Phi) is 6.53. The predicted octanol–water partition coefficient (Wildman–Crippen LogP) is 3.96. The molecule has 1 amide bonds. The number of carbonyl (C=O) groups excluding carboxylic acids is 1. The van der Waals surface area contributed by atoms with Crippen molar-refractivity contribution in [1.82, 2.24) is 10.2 Å². The fourth-order valence-corrected chi connectivity index (χ4v) is 3.10. The van der Waals surface area contributed by atoms with E-state index in [1.807, 2.05) is 30.3 Å². The van der Waals surface area contributed by atoms with Crippen LogP contribution < -0.4 is 5.32 Å². The van der Waals surface area contributed by atoms with E-state index in [9.17, 15) is 14.9 Å². The van der Waals surface area contributed by atoms with Gasteiger partial charge in [-0.05, 0) is 23.8 Å². The standard InChI is InChI=1S/C19H16N4O4S/c24-17(10-9-14-5-4-6-15(13-14)23(25)26)20-19-22-21-18(27-19)11-12-28-16-7-2-1-3-8-16/h1-10,13H,11-12H2,(H,20,22,24)/b10-9+. The van der Waals surface area contributed by atoms with E-state index in [4.69, 9.17) is 4.42 Å². The Hall–Kier alpha value is -3.46. The molecule has 1 heterocycles. The summed E-state index contributed by atoms with van der Waals surface area (Å²) in [5, 5.41) is 20.9. The number of nitrogens with one attached hydrogen (secondary N) is 1. The fraction of sp³-hybridized carbons (Fsp3) is 0.105. The number of thioether (sulfide) groups is 1. The van der Waals surface area contributed by atoms with Crippen LogP contribution in [0.2, 0.25) is 0 Å². The molecule has 0 saturated carbocycles. The number of non-ortho nitro benzene ring substituents is 1. The second-order valence-electron chi connectivity index (χ2n) is 5.59. The molecule has 8 nitrogen and oxygen atoms in total. The zero-order valence-corrected chi connectivity index (χ0v) is 15.5. The number of amides is 1. The molecule has 3 rings (SSSR count). The summed E-state index contributed by atoms with van der Waals surface area (Å²) in [5.74, 6) is 0.730. The summed E-state index contributed by atoms with van der Waals surface area (Å²) in [4.78, 5) is 23.4. The van der Waals surface area contributed by atoms with Crippen LogP contribution in [-0.4, -0.2) is 26.8 Å². The van der Waals surface area contributed by atoms with Crippen LogP contribution in [0.25, 0.3) is 6.08 Å². The molecule has 0 aliphatic carbocycles. The van der Waals surface area contributed by atoms with Crippen molar-refractivity contribution in [1.29, 1.82) is 0 Å². The summed E-state index contributed by atoms with van der Waals surface area (Å²) in [5.41, 5.74) is 0.492. The van der Waals surface area contributed by atoms with Crippen LogP contribution in [0, 0.1) is 10.1 Å². The number of carbonyl (C=O) groups is 1.